The Morgan fingerprint density at radius 1 is 1.15 bits per heavy atom. The van der Waals surface area contributed by atoms with Crippen LogP contribution in [0.1, 0.15) is 38.5 Å². The third-order valence-corrected chi connectivity index (χ3v) is 5.94. The SMILES string of the molecule is O=S(=O)([O-])CC(O)CNC12CC3CC(CC(C3)C1)C2.[Na+]. The summed E-state index contributed by atoms with van der Waals surface area (Å²) < 4.78 is 31.9. The van der Waals surface area contributed by atoms with E-state index < -0.39 is 22.0 Å². The molecule has 0 heterocycles. The Labute approximate surface area is 142 Å². The molecular weight excluding hydrogens is 289 g/mol. The van der Waals surface area contributed by atoms with Crippen molar-refractivity contribution in [2.45, 2.75) is 50.2 Å². The summed E-state index contributed by atoms with van der Waals surface area (Å²) >= 11 is 0. The summed E-state index contributed by atoms with van der Waals surface area (Å²) in [5, 5.41) is 13.0. The van der Waals surface area contributed by atoms with Crippen LogP contribution in [-0.4, -0.2) is 42.0 Å². The van der Waals surface area contributed by atoms with Crippen LogP contribution in [0.25, 0.3) is 0 Å². The first-order valence-corrected chi connectivity index (χ1v) is 8.78. The van der Waals surface area contributed by atoms with Crippen molar-refractivity contribution in [2.24, 2.45) is 17.8 Å². The van der Waals surface area contributed by atoms with Crippen LogP contribution in [0.2, 0.25) is 0 Å². The van der Waals surface area contributed by atoms with Crippen LogP contribution in [0.5, 0.6) is 0 Å². The maximum absolute atomic E-state index is 10.6. The van der Waals surface area contributed by atoms with E-state index in [2.05, 4.69) is 5.32 Å². The summed E-state index contributed by atoms with van der Waals surface area (Å²) in [5.74, 6) is 1.73. The Balaban J connectivity index is 0.00000147. The Morgan fingerprint density at radius 3 is 2.00 bits per heavy atom. The second-order valence-corrected chi connectivity index (χ2v) is 8.41. The number of aliphatic hydroxyl groups excluding tert-OH is 1. The monoisotopic (exact) mass is 311 g/mol. The summed E-state index contributed by atoms with van der Waals surface area (Å²) in [6, 6.07) is 0. The Kier molecular flexibility index (Phi) is 5.28. The molecule has 4 aliphatic carbocycles. The Hall–Kier alpha value is 0.830. The van der Waals surface area contributed by atoms with Gasteiger partial charge in [-0.05, 0) is 56.3 Å². The zero-order chi connectivity index (χ0) is 13.7. The topological polar surface area (TPSA) is 89.5 Å². The largest absolute Gasteiger partial charge is 1.00 e. The predicted molar refractivity (Wildman–Crippen MR) is 69.5 cm³/mol. The van der Waals surface area contributed by atoms with Gasteiger partial charge in [0.05, 0.1) is 22.0 Å². The molecule has 2 N–H and O–H groups in total. The van der Waals surface area contributed by atoms with Gasteiger partial charge in [0, 0.05) is 12.1 Å². The molecule has 4 rings (SSSR count). The zero-order valence-corrected chi connectivity index (χ0v) is 14.9. The first-order valence-electron chi connectivity index (χ1n) is 7.20. The first-order chi connectivity index (χ1) is 8.84. The molecule has 0 aliphatic heterocycles. The van der Waals surface area contributed by atoms with Crippen LogP contribution in [0.4, 0.5) is 0 Å². The van der Waals surface area contributed by atoms with E-state index in [0.29, 0.717) is 0 Å². The van der Waals surface area contributed by atoms with Crippen LogP contribution in [-0.2, 0) is 10.1 Å². The third-order valence-electron chi connectivity index (χ3n) is 5.15. The van der Waals surface area contributed by atoms with Gasteiger partial charge >= 0.3 is 29.6 Å². The number of hydrogen-bond donors (Lipinski definition) is 2. The minimum atomic E-state index is -4.34. The minimum Gasteiger partial charge on any atom is -0.748 e. The van der Waals surface area contributed by atoms with Gasteiger partial charge in [0.2, 0.25) is 0 Å². The van der Waals surface area contributed by atoms with Crippen molar-refractivity contribution in [3.8, 4) is 0 Å². The van der Waals surface area contributed by atoms with E-state index >= 15 is 0 Å². The summed E-state index contributed by atoms with van der Waals surface area (Å²) in [7, 11) is -4.34. The molecule has 110 valence electrons. The Morgan fingerprint density at radius 2 is 1.60 bits per heavy atom. The average molecular weight is 311 g/mol. The van der Waals surface area contributed by atoms with Gasteiger partial charge in [0.1, 0.15) is 0 Å². The molecule has 4 bridgehead atoms. The number of β-amino-alcohol motifs (C(OH)–C–C–N with tert-alkyl or cyclic N) is 1. The summed E-state index contributed by atoms with van der Waals surface area (Å²) in [6.07, 6.45) is 6.40. The molecule has 0 amide bonds. The van der Waals surface area contributed by atoms with Crippen molar-refractivity contribution in [2.75, 3.05) is 12.3 Å². The molecule has 1 atom stereocenters. The van der Waals surface area contributed by atoms with Crippen LogP contribution in [0, 0.1) is 17.8 Å². The van der Waals surface area contributed by atoms with Crippen molar-refractivity contribution in [1.82, 2.24) is 5.32 Å². The van der Waals surface area contributed by atoms with Gasteiger partial charge in [0.15, 0.2) is 0 Å². The molecule has 0 aromatic rings. The fraction of sp³-hybridized carbons (Fsp3) is 1.00. The molecule has 4 aliphatic rings. The molecule has 0 aromatic heterocycles. The van der Waals surface area contributed by atoms with Gasteiger partial charge in [0.25, 0.3) is 0 Å². The summed E-state index contributed by atoms with van der Waals surface area (Å²) in [4.78, 5) is 0. The third kappa shape index (κ3) is 3.97. The molecule has 0 radical (unpaired) electrons. The van der Waals surface area contributed by atoms with E-state index in [0.717, 1.165) is 37.0 Å². The zero-order valence-electron chi connectivity index (χ0n) is 12.0. The summed E-state index contributed by atoms with van der Waals surface area (Å²) in [5.41, 5.74) is 0.0996. The van der Waals surface area contributed by atoms with Crippen molar-refractivity contribution in [3.05, 3.63) is 0 Å². The molecule has 7 heteroatoms. The molecule has 4 fully saturated rings. The Bertz CT molecular complexity index is 418. The van der Waals surface area contributed by atoms with Gasteiger partial charge in [-0.3, -0.25) is 0 Å². The average Bonchev–Trinajstić information content (AvgIpc) is 2.22. The number of aliphatic hydroxyl groups is 1. The second-order valence-electron chi connectivity index (χ2n) is 6.96. The molecule has 5 nitrogen and oxygen atoms in total. The molecule has 0 saturated heterocycles. The number of rotatable bonds is 5. The maximum Gasteiger partial charge on any atom is 1.00 e. The molecule has 4 saturated carbocycles. The van der Waals surface area contributed by atoms with Crippen molar-refractivity contribution >= 4 is 10.1 Å². The fourth-order valence-electron chi connectivity index (χ4n) is 4.96. The van der Waals surface area contributed by atoms with E-state index in [1.807, 2.05) is 0 Å². The van der Waals surface area contributed by atoms with Gasteiger partial charge in [-0.15, -0.1) is 0 Å². The minimum absolute atomic E-state index is 0. The van der Waals surface area contributed by atoms with Crippen LogP contribution in [0.3, 0.4) is 0 Å². The first kappa shape index (κ1) is 17.2. The predicted octanol–water partition coefficient (Wildman–Crippen LogP) is -2.55. The fourth-order valence-corrected chi connectivity index (χ4v) is 5.55. The maximum atomic E-state index is 10.6. The molecule has 0 spiro atoms. The second kappa shape index (κ2) is 6.14. The van der Waals surface area contributed by atoms with E-state index in [4.69, 9.17) is 0 Å². The van der Waals surface area contributed by atoms with Crippen molar-refractivity contribution in [3.63, 3.8) is 0 Å². The van der Waals surface area contributed by atoms with Gasteiger partial charge < -0.3 is 15.0 Å². The summed E-state index contributed by atoms with van der Waals surface area (Å²) in [6.45, 7) is 0.216. The van der Waals surface area contributed by atoms with E-state index in [1.165, 1.54) is 19.3 Å². The van der Waals surface area contributed by atoms with Crippen LogP contribution < -0.4 is 34.9 Å². The number of hydrogen-bond acceptors (Lipinski definition) is 5. The smallest absolute Gasteiger partial charge is 0.748 e. The molecule has 0 aromatic carbocycles. The van der Waals surface area contributed by atoms with E-state index in [9.17, 15) is 18.1 Å². The molecular formula is C13H22NNaO4S. The van der Waals surface area contributed by atoms with Crippen LogP contribution in [0.15, 0.2) is 0 Å². The number of nitrogens with one attached hydrogen (secondary N) is 1. The van der Waals surface area contributed by atoms with Crippen molar-refractivity contribution < 1.29 is 47.6 Å². The quantitative estimate of drug-likeness (QED) is 0.431. The van der Waals surface area contributed by atoms with Gasteiger partial charge in [-0.25, -0.2) is 8.42 Å². The van der Waals surface area contributed by atoms with Gasteiger partial charge in [-0.1, -0.05) is 0 Å². The van der Waals surface area contributed by atoms with Crippen molar-refractivity contribution in [1.29, 1.82) is 0 Å². The van der Waals surface area contributed by atoms with Gasteiger partial charge in [-0.2, -0.15) is 0 Å². The normalized spacial score (nSPS) is 40.4. The standard InChI is InChI=1S/C13H23NO4S.Na/c15-12(8-19(16,17)18)7-14-13-4-9-1-10(5-13)3-11(2-9)6-13;/h9-12,14-15H,1-8H2,(H,16,17,18);/q;+1/p-1. The molecule has 1 unspecified atom stereocenters. The molecule has 20 heavy (non-hydrogen) atoms. The van der Waals surface area contributed by atoms with E-state index in [1.54, 1.807) is 0 Å². The van der Waals surface area contributed by atoms with E-state index in [-0.39, 0.29) is 41.6 Å². The van der Waals surface area contributed by atoms with Crippen LogP contribution >= 0.6 is 0 Å².